The fourth-order valence-electron chi connectivity index (χ4n) is 7.11. The molecule has 0 amide bonds. The van der Waals surface area contributed by atoms with Gasteiger partial charge >= 0.3 is 0 Å². The van der Waals surface area contributed by atoms with Crippen molar-refractivity contribution in [1.82, 2.24) is 24.9 Å². The Bertz CT molecular complexity index is 3060. The summed E-state index contributed by atoms with van der Waals surface area (Å²) in [5.74, 6) is 3.11. The molecule has 0 saturated carbocycles. The predicted octanol–water partition coefficient (Wildman–Crippen LogP) is 12.8. The van der Waals surface area contributed by atoms with Crippen LogP contribution in [0.4, 0.5) is 0 Å². The van der Waals surface area contributed by atoms with E-state index in [4.69, 9.17) is 29.3 Å². The topological polar surface area (TPSA) is 77.6 Å². The van der Waals surface area contributed by atoms with E-state index in [0.717, 1.165) is 71.2 Å². The number of nitrogens with zero attached hydrogens (tertiary/aromatic N) is 5. The van der Waals surface area contributed by atoms with E-state index in [1.807, 2.05) is 115 Å². The first-order chi connectivity index (χ1) is 27.6. The van der Waals surface area contributed by atoms with Crippen molar-refractivity contribution in [2.24, 2.45) is 0 Å². The molecule has 0 aliphatic heterocycles. The largest absolute Gasteiger partial charge is 0.455 e. The molecule has 10 rings (SSSR count). The highest BCUT2D eigenvalue weighted by Crippen LogP contribution is 2.41. The third kappa shape index (κ3) is 5.87. The lowest BCUT2D eigenvalue weighted by atomic mass is 9.97. The molecule has 10 aromatic rings. The van der Waals surface area contributed by atoms with E-state index in [-0.39, 0.29) is 0 Å². The zero-order chi connectivity index (χ0) is 37.6. The summed E-state index contributed by atoms with van der Waals surface area (Å²) in [5.41, 5.74) is 9.64. The second kappa shape index (κ2) is 13.8. The molecule has 6 nitrogen and oxygen atoms in total. The van der Waals surface area contributed by atoms with Crippen molar-refractivity contribution in [3.8, 4) is 56.8 Å². The molecule has 264 valence electrons. The molecule has 7 heteroatoms. The van der Waals surface area contributed by atoms with Gasteiger partial charge in [-0.1, -0.05) is 147 Å². The number of hydrogen-bond donors (Lipinski definition) is 0. The Hall–Kier alpha value is -7.35. The van der Waals surface area contributed by atoms with Crippen LogP contribution in [0, 0.1) is 0 Å². The van der Waals surface area contributed by atoms with Gasteiger partial charge in [-0.05, 0) is 35.9 Å². The average molecular weight is 738 g/mol. The lowest BCUT2D eigenvalue weighted by molar-refractivity contribution is 0.600. The summed E-state index contributed by atoms with van der Waals surface area (Å²) in [5, 5.41) is 2.01. The maximum absolute atomic E-state index is 6.57. The summed E-state index contributed by atoms with van der Waals surface area (Å²) < 4.78 is 8.78. The van der Waals surface area contributed by atoms with Crippen LogP contribution in [-0.4, -0.2) is 24.9 Å². The van der Waals surface area contributed by atoms with Gasteiger partial charge in [0.1, 0.15) is 11.3 Å². The van der Waals surface area contributed by atoms with Gasteiger partial charge < -0.3 is 4.42 Å². The summed E-state index contributed by atoms with van der Waals surface area (Å²) in [6, 6.07) is 52.8. The smallest absolute Gasteiger partial charge is 0.164 e. The molecule has 56 heavy (non-hydrogen) atoms. The third-order valence-corrected chi connectivity index (χ3v) is 11.1. The Morgan fingerprint density at radius 3 is 1.73 bits per heavy atom. The van der Waals surface area contributed by atoms with Gasteiger partial charge in [0.05, 0.1) is 15.9 Å². The Balaban J connectivity index is 1.07. The maximum atomic E-state index is 6.57. The molecule has 0 unspecified atom stereocenters. The molecule has 4 heterocycles. The van der Waals surface area contributed by atoms with Crippen LogP contribution >= 0.6 is 11.3 Å². The van der Waals surface area contributed by atoms with Gasteiger partial charge in [0.2, 0.25) is 0 Å². The molecule has 0 aliphatic rings. The third-order valence-electron chi connectivity index (χ3n) is 9.90. The van der Waals surface area contributed by atoms with Crippen LogP contribution in [0.5, 0.6) is 0 Å². The Kier molecular flexibility index (Phi) is 8.20. The fourth-order valence-corrected chi connectivity index (χ4v) is 8.26. The Labute approximate surface area is 326 Å². The first-order valence-electron chi connectivity index (χ1n) is 18.2. The highest BCUT2D eigenvalue weighted by Gasteiger charge is 2.21. The van der Waals surface area contributed by atoms with Gasteiger partial charge in [0.25, 0.3) is 0 Å². The average Bonchev–Trinajstić information content (AvgIpc) is 3.84. The maximum Gasteiger partial charge on any atom is 0.164 e. The molecule has 0 fully saturated rings. The summed E-state index contributed by atoms with van der Waals surface area (Å²) in [6.45, 7) is 8.76. The van der Waals surface area contributed by atoms with Gasteiger partial charge in [-0.25, -0.2) is 24.9 Å². The van der Waals surface area contributed by atoms with Crippen LogP contribution in [0.2, 0.25) is 0 Å². The number of aromatic nitrogens is 5. The van der Waals surface area contributed by atoms with Crippen molar-refractivity contribution in [1.29, 1.82) is 0 Å². The number of rotatable bonds is 8. The number of furan rings is 1. The lowest BCUT2D eigenvalue weighted by Crippen LogP contribution is -2.00. The van der Waals surface area contributed by atoms with Crippen molar-refractivity contribution in [2.75, 3.05) is 0 Å². The molecule has 0 N–H and O–H groups in total. The molecular weight excluding hydrogens is 707 g/mol. The molecule has 0 bridgehead atoms. The minimum atomic E-state index is 0.566. The van der Waals surface area contributed by atoms with Crippen LogP contribution < -0.4 is 0 Å². The zero-order valence-corrected chi connectivity index (χ0v) is 30.9. The van der Waals surface area contributed by atoms with Crippen LogP contribution in [0.25, 0.3) is 99.7 Å². The highest BCUT2D eigenvalue weighted by atomic mass is 32.1. The lowest BCUT2D eigenvalue weighted by Gasteiger charge is -2.10. The van der Waals surface area contributed by atoms with Crippen molar-refractivity contribution in [3.05, 3.63) is 188 Å². The predicted molar refractivity (Wildman–Crippen MR) is 230 cm³/mol. The van der Waals surface area contributed by atoms with E-state index in [9.17, 15) is 0 Å². The number of benzene rings is 6. The van der Waals surface area contributed by atoms with Gasteiger partial charge in [0, 0.05) is 54.4 Å². The van der Waals surface area contributed by atoms with Crippen LogP contribution in [0.1, 0.15) is 16.9 Å². The molecule has 0 aliphatic carbocycles. The normalized spacial score (nSPS) is 11.4. The summed E-state index contributed by atoms with van der Waals surface area (Å²) in [4.78, 5) is 25.0. The molecular formula is C49H31N5OS. The quantitative estimate of drug-likeness (QED) is 0.154. The van der Waals surface area contributed by atoms with Crippen LogP contribution in [0.15, 0.2) is 175 Å². The van der Waals surface area contributed by atoms with Crippen molar-refractivity contribution in [2.45, 2.75) is 0 Å². The Morgan fingerprint density at radius 1 is 0.518 bits per heavy atom. The highest BCUT2D eigenvalue weighted by molar-refractivity contribution is 7.26. The molecule has 0 spiro atoms. The van der Waals surface area contributed by atoms with Crippen LogP contribution in [-0.2, 0) is 0 Å². The Morgan fingerprint density at radius 2 is 1.09 bits per heavy atom. The van der Waals surface area contributed by atoms with Crippen LogP contribution in [0.3, 0.4) is 0 Å². The standard InChI is InChI=1S/C49H31N5OS/c1-3-37-39-29-36(49-53-47(32-18-9-5-10-19-32)52-48(54-49)33-20-11-6-12-21-33)26-27-40(39)55-44(37)30(2)34-22-15-23-35(28-34)42-45-43(38-24-13-14-25-41(38)56-45)51-46(50-42)31-16-7-4-8-17-31/h3-29H,1-2H2. The van der Waals surface area contributed by atoms with E-state index in [1.54, 1.807) is 11.3 Å². The van der Waals surface area contributed by atoms with Gasteiger partial charge in [-0.3, -0.25) is 0 Å². The first-order valence-corrected chi connectivity index (χ1v) is 19.0. The van der Waals surface area contributed by atoms with E-state index in [1.165, 1.54) is 4.70 Å². The second-order valence-electron chi connectivity index (χ2n) is 13.4. The molecule has 0 saturated heterocycles. The molecule has 0 radical (unpaired) electrons. The van der Waals surface area contributed by atoms with E-state index < -0.39 is 0 Å². The minimum Gasteiger partial charge on any atom is -0.455 e. The van der Waals surface area contributed by atoms with E-state index in [2.05, 4.69) is 61.7 Å². The fraction of sp³-hybridized carbons (Fsp3) is 0. The molecule has 4 aromatic heterocycles. The van der Waals surface area contributed by atoms with Crippen molar-refractivity contribution >= 4 is 54.3 Å². The zero-order valence-electron chi connectivity index (χ0n) is 30.1. The number of hydrogen-bond acceptors (Lipinski definition) is 7. The van der Waals surface area contributed by atoms with Gasteiger partial charge in [-0.2, -0.15) is 0 Å². The summed E-state index contributed by atoms with van der Waals surface area (Å²) in [6.07, 6.45) is 1.83. The van der Waals surface area contributed by atoms with Gasteiger partial charge in [-0.15, -0.1) is 11.3 Å². The number of thiophene rings is 1. The monoisotopic (exact) mass is 737 g/mol. The molecule has 0 atom stereocenters. The molecule has 6 aromatic carbocycles. The van der Waals surface area contributed by atoms with Gasteiger partial charge in [0.15, 0.2) is 23.3 Å². The summed E-state index contributed by atoms with van der Waals surface area (Å²) >= 11 is 1.71. The SMILES string of the molecule is C=Cc1c(C(=C)c2cccc(-c3nc(-c4ccccc4)nc4c3sc3ccccc34)c2)oc2ccc(-c3nc(-c4ccccc4)nc(-c4ccccc4)n3)cc12. The van der Waals surface area contributed by atoms with E-state index >= 15 is 0 Å². The number of fused-ring (bicyclic) bond motifs is 4. The van der Waals surface area contributed by atoms with Crippen molar-refractivity contribution in [3.63, 3.8) is 0 Å². The van der Waals surface area contributed by atoms with Crippen molar-refractivity contribution < 1.29 is 4.42 Å². The summed E-state index contributed by atoms with van der Waals surface area (Å²) in [7, 11) is 0. The minimum absolute atomic E-state index is 0.566. The van der Waals surface area contributed by atoms with E-state index in [0.29, 0.717) is 34.6 Å². The second-order valence-corrected chi connectivity index (χ2v) is 14.4. The first kappa shape index (κ1) is 33.2.